The molecular formula is C16H14ClNO3S. The lowest BCUT2D eigenvalue weighted by atomic mass is 10.2. The van der Waals surface area contributed by atoms with Crippen LogP contribution in [0.3, 0.4) is 0 Å². The van der Waals surface area contributed by atoms with Gasteiger partial charge < -0.3 is 10.4 Å². The molecule has 0 aliphatic carbocycles. The summed E-state index contributed by atoms with van der Waals surface area (Å²) in [6.45, 7) is 0. The first kappa shape index (κ1) is 16.4. The Morgan fingerprint density at radius 2 is 1.86 bits per heavy atom. The van der Waals surface area contributed by atoms with Crippen molar-refractivity contribution in [2.45, 2.75) is 5.75 Å². The van der Waals surface area contributed by atoms with E-state index in [1.807, 2.05) is 30.3 Å². The van der Waals surface area contributed by atoms with E-state index >= 15 is 0 Å². The van der Waals surface area contributed by atoms with Gasteiger partial charge in [-0.3, -0.25) is 4.79 Å². The van der Waals surface area contributed by atoms with Crippen LogP contribution in [0.25, 0.3) is 0 Å². The minimum absolute atomic E-state index is 0.0195. The Kier molecular flexibility index (Phi) is 5.86. The third-order valence-corrected chi connectivity index (χ3v) is 4.07. The number of thioether (sulfide) groups is 1. The number of carbonyl (C=O) groups is 2. The van der Waals surface area contributed by atoms with Crippen LogP contribution in [0.1, 0.15) is 15.9 Å². The molecule has 0 spiro atoms. The fourth-order valence-corrected chi connectivity index (χ4v) is 2.78. The maximum atomic E-state index is 11.9. The van der Waals surface area contributed by atoms with Crippen LogP contribution in [0, 0.1) is 0 Å². The van der Waals surface area contributed by atoms with Gasteiger partial charge in [0.2, 0.25) is 5.91 Å². The van der Waals surface area contributed by atoms with Crippen LogP contribution in [0.4, 0.5) is 5.69 Å². The first-order valence-electron chi connectivity index (χ1n) is 6.50. The van der Waals surface area contributed by atoms with Crippen molar-refractivity contribution in [2.24, 2.45) is 0 Å². The number of hydrogen-bond acceptors (Lipinski definition) is 3. The average Bonchev–Trinajstić information content (AvgIpc) is 2.50. The highest BCUT2D eigenvalue weighted by Crippen LogP contribution is 2.21. The Morgan fingerprint density at radius 1 is 1.14 bits per heavy atom. The summed E-state index contributed by atoms with van der Waals surface area (Å²) >= 11 is 7.23. The summed E-state index contributed by atoms with van der Waals surface area (Å²) in [6, 6.07) is 14.2. The summed E-state index contributed by atoms with van der Waals surface area (Å²) in [7, 11) is 0. The molecule has 22 heavy (non-hydrogen) atoms. The average molecular weight is 336 g/mol. The molecule has 0 unspecified atom stereocenters. The second-order valence-electron chi connectivity index (χ2n) is 4.52. The van der Waals surface area contributed by atoms with Gasteiger partial charge in [0.25, 0.3) is 0 Å². The number of hydrogen-bond donors (Lipinski definition) is 2. The molecule has 0 radical (unpaired) electrons. The van der Waals surface area contributed by atoms with Gasteiger partial charge in [-0.25, -0.2) is 4.79 Å². The maximum absolute atomic E-state index is 11.9. The number of benzene rings is 2. The molecule has 0 atom stereocenters. The smallest absolute Gasteiger partial charge is 0.337 e. The van der Waals surface area contributed by atoms with Gasteiger partial charge >= 0.3 is 5.97 Å². The third-order valence-electron chi connectivity index (χ3n) is 2.83. The molecule has 2 rings (SSSR count). The number of nitrogens with one attached hydrogen (secondary N) is 1. The first-order chi connectivity index (χ1) is 10.6. The standard InChI is InChI=1S/C16H14ClNO3S/c17-12-6-7-14(13(8-12)16(20)21)18-15(19)10-22-9-11-4-2-1-3-5-11/h1-8H,9-10H2,(H,18,19)(H,20,21). The molecule has 0 saturated heterocycles. The molecule has 0 aromatic heterocycles. The van der Waals surface area contributed by atoms with E-state index in [0.717, 1.165) is 11.3 Å². The summed E-state index contributed by atoms with van der Waals surface area (Å²) in [5, 5.41) is 12.0. The maximum Gasteiger partial charge on any atom is 0.337 e. The molecule has 0 heterocycles. The van der Waals surface area contributed by atoms with E-state index in [0.29, 0.717) is 5.02 Å². The number of carbonyl (C=O) groups excluding carboxylic acids is 1. The van der Waals surface area contributed by atoms with E-state index in [9.17, 15) is 9.59 Å². The number of rotatable bonds is 6. The topological polar surface area (TPSA) is 66.4 Å². The fourth-order valence-electron chi connectivity index (χ4n) is 1.82. The van der Waals surface area contributed by atoms with Gasteiger partial charge in [0.05, 0.1) is 17.0 Å². The number of carboxylic acids is 1. The highest BCUT2D eigenvalue weighted by Gasteiger charge is 2.13. The van der Waals surface area contributed by atoms with Gasteiger partial charge in [-0.2, -0.15) is 0 Å². The summed E-state index contributed by atoms with van der Waals surface area (Å²) in [5.41, 5.74) is 1.37. The van der Waals surface area contributed by atoms with Crippen LogP contribution in [-0.2, 0) is 10.5 Å². The molecule has 2 aromatic carbocycles. The van der Waals surface area contributed by atoms with Gasteiger partial charge in [-0.15, -0.1) is 11.8 Å². The van der Waals surface area contributed by atoms with Crippen molar-refractivity contribution in [3.8, 4) is 0 Å². The number of amides is 1. The van der Waals surface area contributed by atoms with Crippen molar-refractivity contribution in [1.29, 1.82) is 0 Å². The van der Waals surface area contributed by atoms with E-state index in [1.54, 1.807) is 6.07 Å². The minimum Gasteiger partial charge on any atom is -0.478 e. The zero-order valence-corrected chi connectivity index (χ0v) is 13.2. The van der Waals surface area contributed by atoms with E-state index in [4.69, 9.17) is 16.7 Å². The first-order valence-corrected chi connectivity index (χ1v) is 8.04. The summed E-state index contributed by atoms with van der Waals surface area (Å²) in [6.07, 6.45) is 0. The Labute approximate surface area is 137 Å². The molecule has 6 heteroatoms. The predicted octanol–water partition coefficient (Wildman–Crippen LogP) is 3.91. The van der Waals surface area contributed by atoms with Gasteiger partial charge in [-0.05, 0) is 23.8 Å². The van der Waals surface area contributed by atoms with E-state index in [2.05, 4.69) is 5.32 Å². The number of halogens is 1. The molecule has 2 aromatic rings. The highest BCUT2D eigenvalue weighted by atomic mass is 35.5. The Balaban J connectivity index is 1.91. The van der Waals surface area contributed by atoms with E-state index in [1.165, 1.54) is 23.9 Å². The normalized spacial score (nSPS) is 10.2. The molecule has 0 aliphatic rings. The molecule has 0 aliphatic heterocycles. The van der Waals surface area contributed by atoms with E-state index < -0.39 is 5.97 Å². The van der Waals surface area contributed by atoms with Crippen molar-refractivity contribution in [3.05, 3.63) is 64.7 Å². The summed E-state index contributed by atoms with van der Waals surface area (Å²) in [5.74, 6) is -0.405. The SMILES string of the molecule is O=C(CSCc1ccccc1)Nc1ccc(Cl)cc1C(=O)O. The minimum atomic E-state index is -1.13. The van der Waals surface area contributed by atoms with Gasteiger partial charge in [0, 0.05) is 10.8 Å². The molecule has 114 valence electrons. The van der Waals surface area contributed by atoms with Crippen molar-refractivity contribution in [3.63, 3.8) is 0 Å². The van der Waals surface area contributed by atoms with E-state index in [-0.39, 0.29) is 22.9 Å². The predicted molar refractivity (Wildman–Crippen MR) is 89.6 cm³/mol. The van der Waals surface area contributed by atoms with Crippen LogP contribution >= 0.6 is 23.4 Å². The van der Waals surface area contributed by atoms with Gasteiger partial charge in [0.1, 0.15) is 0 Å². The van der Waals surface area contributed by atoms with Gasteiger partial charge in [-0.1, -0.05) is 41.9 Å². The van der Waals surface area contributed by atoms with Crippen molar-refractivity contribution in [2.75, 3.05) is 11.1 Å². The lowest BCUT2D eigenvalue weighted by Crippen LogP contribution is -2.16. The fraction of sp³-hybridized carbons (Fsp3) is 0.125. The van der Waals surface area contributed by atoms with Crippen LogP contribution in [0.15, 0.2) is 48.5 Å². The lowest BCUT2D eigenvalue weighted by Gasteiger charge is -2.09. The molecule has 0 saturated carbocycles. The molecule has 1 amide bonds. The molecule has 0 bridgehead atoms. The largest absolute Gasteiger partial charge is 0.478 e. The van der Waals surface area contributed by atoms with Crippen molar-refractivity contribution < 1.29 is 14.7 Å². The molecule has 4 nitrogen and oxygen atoms in total. The molecular weight excluding hydrogens is 322 g/mol. The zero-order valence-electron chi connectivity index (χ0n) is 11.6. The summed E-state index contributed by atoms with van der Waals surface area (Å²) < 4.78 is 0. The molecule has 0 fully saturated rings. The number of carboxylic acid groups (broad SMARTS) is 1. The van der Waals surface area contributed by atoms with Crippen molar-refractivity contribution in [1.82, 2.24) is 0 Å². The monoisotopic (exact) mass is 335 g/mol. The lowest BCUT2D eigenvalue weighted by molar-refractivity contribution is -0.113. The quantitative estimate of drug-likeness (QED) is 0.840. The Morgan fingerprint density at radius 3 is 2.55 bits per heavy atom. The molecule has 2 N–H and O–H groups in total. The number of aromatic carboxylic acids is 1. The Hall–Kier alpha value is -1.98. The highest BCUT2D eigenvalue weighted by molar-refractivity contribution is 7.99. The summed E-state index contributed by atoms with van der Waals surface area (Å²) in [4.78, 5) is 23.0. The van der Waals surface area contributed by atoms with Crippen molar-refractivity contribution >= 4 is 40.9 Å². The Bertz CT molecular complexity index is 676. The second-order valence-corrected chi connectivity index (χ2v) is 5.94. The zero-order chi connectivity index (χ0) is 15.9. The van der Waals surface area contributed by atoms with Crippen LogP contribution in [0.2, 0.25) is 5.02 Å². The van der Waals surface area contributed by atoms with Gasteiger partial charge in [0.15, 0.2) is 0 Å². The third kappa shape index (κ3) is 4.79. The van der Waals surface area contributed by atoms with Crippen LogP contribution < -0.4 is 5.32 Å². The second kappa shape index (κ2) is 7.87. The van der Waals surface area contributed by atoms with Crippen LogP contribution in [0.5, 0.6) is 0 Å². The number of anilines is 1. The van der Waals surface area contributed by atoms with Crippen LogP contribution in [-0.4, -0.2) is 22.7 Å².